The number of hydrogen-bond acceptors (Lipinski definition) is 6. The van der Waals surface area contributed by atoms with Crippen LogP contribution in [0.1, 0.15) is 26.2 Å². The average Bonchev–Trinajstić information content (AvgIpc) is 3.20. The standard InChI is InChI=1S/C18H19N3O4/c1-3-16-19-20-18(25-16)15-9-12-7-5-6-8-14(12)21(15)11-13(22)10-17(23)24-4-2/h5-9H,3-4,10-11H2,1-2H3. The number of ether oxygens (including phenoxy) is 1. The summed E-state index contributed by atoms with van der Waals surface area (Å²) in [6.07, 6.45) is 0.374. The Labute approximate surface area is 144 Å². The highest BCUT2D eigenvalue weighted by Gasteiger charge is 2.19. The summed E-state index contributed by atoms with van der Waals surface area (Å²) in [4.78, 5) is 23.8. The summed E-state index contributed by atoms with van der Waals surface area (Å²) in [6, 6.07) is 9.57. The number of fused-ring (bicyclic) bond motifs is 1. The number of hydrogen-bond donors (Lipinski definition) is 0. The minimum absolute atomic E-state index is 0.0332. The molecule has 0 saturated heterocycles. The largest absolute Gasteiger partial charge is 0.466 e. The molecule has 2 heterocycles. The van der Waals surface area contributed by atoms with Crippen molar-refractivity contribution in [3.8, 4) is 11.6 Å². The van der Waals surface area contributed by atoms with E-state index in [-0.39, 0.29) is 25.4 Å². The SMILES string of the molecule is CCOC(=O)CC(=O)Cn1c(-c2nnc(CC)o2)cc2ccccc21. The lowest BCUT2D eigenvalue weighted by molar-refractivity contribution is -0.145. The summed E-state index contributed by atoms with van der Waals surface area (Å²) in [5.74, 6) is 0.134. The Morgan fingerprint density at radius 2 is 2.00 bits per heavy atom. The second-order valence-corrected chi connectivity index (χ2v) is 5.55. The molecule has 0 unspecified atom stereocenters. The molecule has 7 nitrogen and oxygen atoms in total. The molecule has 2 aromatic heterocycles. The Kier molecular flexibility index (Phi) is 4.92. The Morgan fingerprint density at radius 3 is 2.72 bits per heavy atom. The number of Topliss-reactive ketones (excluding diaryl/α,β-unsaturated/α-hetero) is 1. The van der Waals surface area contributed by atoms with E-state index in [9.17, 15) is 9.59 Å². The predicted molar refractivity (Wildman–Crippen MR) is 90.9 cm³/mol. The van der Waals surface area contributed by atoms with Crippen molar-refractivity contribution >= 4 is 22.7 Å². The number of benzene rings is 1. The molecule has 0 amide bonds. The number of carbonyl (C=O) groups excluding carboxylic acids is 2. The van der Waals surface area contributed by atoms with E-state index in [1.165, 1.54) is 0 Å². The van der Waals surface area contributed by atoms with Crippen LogP contribution in [0, 0.1) is 0 Å². The van der Waals surface area contributed by atoms with Crippen LogP contribution in [0.5, 0.6) is 0 Å². The highest BCUT2D eigenvalue weighted by Crippen LogP contribution is 2.27. The van der Waals surface area contributed by atoms with Crippen LogP contribution < -0.4 is 0 Å². The third kappa shape index (κ3) is 3.60. The zero-order valence-electron chi connectivity index (χ0n) is 14.2. The van der Waals surface area contributed by atoms with Crippen molar-refractivity contribution in [1.29, 1.82) is 0 Å². The molecule has 0 radical (unpaired) electrons. The molecule has 0 saturated carbocycles. The molecule has 7 heteroatoms. The Bertz CT molecular complexity index is 910. The quantitative estimate of drug-likeness (QED) is 0.485. The first-order chi connectivity index (χ1) is 12.1. The van der Waals surface area contributed by atoms with Crippen molar-refractivity contribution in [3.63, 3.8) is 0 Å². The molecule has 3 rings (SSSR count). The second-order valence-electron chi connectivity index (χ2n) is 5.55. The van der Waals surface area contributed by atoms with Crippen LogP contribution >= 0.6 is 0 Å². The zero-order chi connectivity index (χ0) is 17.8. The van der Waals surface area contributed by atoms with Crippen LogP contribution in [-0.2, 0) is 27.3 Å². The summed E-state index contributed by atoms with van der Waals surface area (Å²) in [6.45, 7) is 3.92. The van der Waals surface area contributed by atoms with E-state index in [1.54, 1.807) is 11.5 Å². The van der Waals surface area contributed by atoms with Gasteiger partial charge in [0.05, 0.1) is 13.2 Å². The monoisotopic (exact) mass is 341 g/mol. The summed E-state index contributed by atoms with van der Waals surface area (Å²) in [7, 11) is 0. The van der Waals surface area contributed by atoms with Crippen molar-refractivity contribution in [2.24, 2.45) is 0 Å². The van der Waals surface area contributed by atoms with Gasteiger partial charge < -0.3 is 13.7 Å². The van der Waals surface area contributed by atoms with Crippen LogP contribution in [0.4, 0.5) is 0 Å². The van der Waals surface area contributed by atoms with Gasteiger partial charge in [0.2, 0.25) is 5.89 Å². The minimum Gasteiger partial charge on any atom is -0.466 e. The Balaban J connectivity index is 1.96. The molecule has 0 aliphatic carbocycles. The minimum atomic E-state index is -0.517. The topological polar surface area (TPSA) is 87.2 Å². The number of aromatic nitrogens is 3. The van der Waals surface area contributed by atoms with Gasteiger partial charge in [-0.1, -0.05) is 25.1 Å². The van der Waals surface area contributed by atoms with Gasteiger partial charge in [0.25, 0.3) is 5.89 Å². The fraction of sp³-hybridized carbons (Fsp3) is 0.333. The number of rotatable bonds is 7. The summed E-state index contributed by atoms with van der Waals surface area (Å²) < 4.78 is 12.3. The number of ketones is 1. The van der Waals surface area contributed by atoms with Crippen molar-refractivity contribution in [2.75, 3.05) is 6.61 Å². The number of carbonyl (C=O) groups is 2. The Hall–Kier alpha value is -2.96. The van der Waals surface area contributed by atoms with Gasteiger partial charge in [-0.25, -0.2) is 0 Å². The highest BCUT2D eigenvalue weighted by atomic mass is 16.5. The maximum atomic E-state index is 12.3. The summed E-state index contributed by atoms with van der Waals surface area (Å²) in [5, 5.41) is 9.01. The van der Waals surface area contributed by atoms with Crippen LogP contribution in [0.3, 0.4) is 0 Å². The third-order valence-corrected chi connectivity index (χ3v) is 3.78. The number of nitrogens with zero attached hydrogens (tertiary/aromatic N) is 3. The third-order valence-electron chi connectivity index (χ3n) is 3.78. The van der Waals surface area contributed by atoms with Crippen LogP contribution in [0.25, 0.3) is 22.5 Å². The first kappa shape index (κ1) is 16.9. The zero-order valence-corrected chi connectivity index (χ0v) is 14.2. The lowest BCUT2D eigenvalue weighted by Gasteiger charge is -2.08. The normalized spacial score (nSPS) is 11.0. The number of aryl methyl sites for hydroxylation is 1. The Morgan fingerprint density at radius 1 is 1.20 bits per heavy atom. The van der Waals surface area contributed by atoms with E-state index in [0.717, 1.165) is 10.9 Å². The number of esters is 1. The highest BCUT2D eigenvalue weighted by molar-refractivity contribution is 5.97. The summed E-state index contributed by atoms with van der Waals surface area (Å²) >= 11 is 0. The molecule has 1 aromatic carbocycles. The molecular formula is C18H19N3O4. The molecule has 0 atom stereocenters. The van der Waals surface area contributed by atoms with Crippen molar-refractivity contribution in [1.82, 2.24) is 14.8 Å². The van der Waals surface area contributed by atoms with E-state index in [2.05, 4.69) is 10.2 Å². The molecule has 0 aliphatic heterocycles. The van der Waals surface area contributed by atoms with Crippen LogP contribution in [-0.4, -0.2) is 33.1 Å². The van der Waals surface area contributed by atoms with E-state index in [1.807, 2.05) is 37.3 Å². The van der Waals surface area contributed by atoms with E-state index in [0.29, 0.717) is 23.9 Å². The molecule has 130 valence electrons. The van der Waals surface area contributed by atoms with E-state index in [4.69, 9.17) is 9.15 Å². The van der Waals surface area contributed by atoms with Gasteiger partial charge in [-0.05, 0) is 19.1 Å². The molecule has 25 heavy (non-hydrogen) atoms. The summed E-state index contributed by atoms with van der Waals surface area (Å²) in [5.41, 5.74) is 1.52. The fourth-order valence-corrected chi connectivity index (χ4v) is 2.66. The van der Waals surface area contributed by atoms with Gasteiger partial charge in [-0.15, -0.1) is 10.2 Å². The van der Waals surface area contributed by atoms with Crippen LogP contribution in [0.15, 0.2) is 34.7 Å². The average molecular weight is 341 g/mol. The lowest BCUT2D eigenvalue weighted by atomic mass is 10.2. The predicted octanol–water partition coefficient (Wildman–Crippen LogP) is 2.78. The molecule has 3 aromatic rings. The molecule has 0 spiro atoms. The van der Waals surface area contributed by atoms with Crippen molar-refractivity contribution in [3.05, 3.63) is 36.2 Å². The van der Waals surface area contributed by atoms with Crippen molar-refractivity contribution < 1.29 is 18.7 Å². The lowest BCUT2D eigenvalue weighted by Crippen LogP contribution is -2.16. The van der Waals surface area contributed by atoms with Gasteiger partial charge in [-0.2, -0.15) is 0 Å². The fourth-order valence-electron chi connectivity index (χ4n) is 2.66. The van der Waals surface area contributed by atoms with E-state index >= 15 is 0 Å². The van der Waals surface area contributed by atoms with Crippen molar-refractivity contribution in [2.45, 2.75) is 33.2 Å². The van der Waals surface area contributed by atoms with Gasteiger partial charge in [0.15, 0.2) is 5.78 Å². The van der Waals surface area contributed by atoms with E-state index < -0.39 is 5.97 Å². The maximum absolute atomic E-state index is 12.3. The molecule has 0 N–H and O–H groups in total. The van der Waals surface area contributed by atoms with Gasteiger partial charge in [0, 0.05) is 17.3 Å². The van der Waals surface area contributed by atoms with Gasteiger partial charge in [0.1, 0.15) is 12.1 Å². The molecule has 0 aliphatic rings. The second kappa shape index (κ2) is 7.29. The number of para-hydroxylation sites is 1. The first-order valence-electron chi connectivity index (χ1n) is 8.20. The smallest absolute Gasteiger partial charge is 0.313 e. The van der Waals surface area contributed by atoms with Gasteiger partial charge >= 0.3 is 5.97 Å². The van der Waals surface area contributed by atoms with Gasteiger partial charge in [-0.3, -0.25) is 9.59 Å². The molecule has 0 fully saturated rings. The molecular weight excluding hydrogens is 322 g/mol. The van der Waals surface area contributed by atoms with Crippen LogP contribution in [0.2, 0.25) is 0 Å². The molecule has 0 bridgehead atoms. The first-order valence-corrected chi connectivity index (χ1v) is 8.20. The maximum Gasteiger partial charge on any atom is 0.313 e.